The van der Waals surface area contributed by atoms with Gasteiger partial charge in [-0.3, -0.25) is 9.59 Å². The van der Waals surface area contributed by atoms with Crippen molar-refractivity contribution in [3.63, 3.8) is 0 Å². The molecule has 4 heteroatoms. The molecule has 1 N–H and O–H groups in total. The summed E-state index contributed by atoms with van der Waals surface area (Å²) < 4.78 is 5.48. The van der Waals surface area contributed by atoms with Crippen molar-refractivity contribution in [2.24, 2.45) is 0 Å². The number of nitrogens with one attached hydrogen (secondary N) is 1. The standard InChI is InChI=1S/C19H21NO3/c1-15-7-9-16(10-8-15)18(21)11-12-19(22)20-13-14-23-17-5-3-2-4-6-17/h2-10H,11-14H2,1H3,(H,20,22). The molecule has 0 fully saturated rings. The van der Waals surface area contributed by atoms with Crippen LogP contribution in [0.15, 0.2) is 54.6 Å². The minimum absolute atomic E-state index is 0.0133. The molecule has 23 heavy (non-hydrogen) atoms. The van der Waals surface area contributed by atoms with Gasteiger partial charge in [-0.15, -0.1) is 0 Å². The Balaban J connectivity index is 1.63. The van der Waals surface area contributed by atoms with Crippen molar-refractivity contribution in [1.29, 1.82) is 0 Å². The molecule has 0 aliphatic heterocycles. The van der Waals surface area contributed by atoms with Gasteiger partial charge >= 0.3 is 0 Å². The van der Waals surface area contributed by atoms with Gasteiger partial charge in [0, 0.05) is 18.4 Å². The number of rotatable bonds is 8. The second-order valence-electron chi connectivity index (χ2n) is 5.30. The van der Waals surface area contributed by atoms with Crippen molar-refractivity contribution >= 4 is 11.7 Å². The first kappa shape index (κ1) is 16.7. The number of carbonyl (C=O) groups is 2. The summed E-state index contributed by atoms with van der Waals surface area (Å²) >= 11 is 0. The van der Waals surface area contributed by atoms with E-state index in [-0.39, 0.29) is 24.5 Å². The highest BCUT2D eigenvalue weighted by atomic mass is 16.5. The van der Waals surface area contributed by atoms with Crippen LogP contribution in [0.4, 0.5) is 0 Å². The Bertz CT molecular complexity index is 635. The minimum atomic E-state index is -0.137. The van der Waals surface area contributed by atoms with Gasteiger partial charge in [-0.05, 0) is 19.1 Å². The Kier molecular flexibility index (Phi) is 6.36. The summed E-state index contributed by atoms with van der Waals surface area (Å²) in [6, 6.07) is 16.8. The molecule has 0 aromatic heterocycles. The highest BCUT2D eigenvalue weighted by Crippen LogP contribution is 2.08. The van der Waals surface area contributed by atoms with E-state index in [1.54, 1.807) is 12.1 Å². The number of para-hydroxylation sites is 1. The lowest BCUT2D eigenvalue weighted by Gasteiger charge is -2.07. The summed E-state index contributed by atoms with van der Waals surface area (Å²) in [6.45, 7) is 2.80. The van der Waals surface area contributed by atoms with Crippen LogP contribution >= 0.6 is 0 Å². The highest BCUT2D eigenvalue weighted by Gasteiger charge is 2.08. The third-order valence-corrected chi connectivity index (χ3v) is 3.39. The predicted octanol–water partition coefficient (Wildman–Crippen LogP) is 3.15. The van der Waals surface area contributed by atoms with E-state index in [1.165, 1.54) is 0 Å². The maximum atomic E-state index is 12.0. The van der Waals surface area contributed by atoms with Crippen LogP contribution in [0, 0.1) is 6.92 Å². The normalized spacial score (nSPS) is 10.1. The van der Waals surface area contributed by atoms with Crippen LogP contribution in [0.1, 0.15) is 28.8 Å². The fourth-order valence-electron chi connectivity index (χ4n) is 2.08. The highest BCUT2D eigenvalue weighted by molar-refractivity contribution is 5.97. The van der Waals surface area contributed by atoms with Crippen molar-refractivity contribution in [2.75, 3.05) is 13.2 Å². The van der Waals surface area contributed by atoms with E-state index in [2.05, 4.69) is 5.32 Å². The van der Waals surface area contributed by atoms with Crippen LogP contribution in [0.2, 0.25) is 0 Å². The fraction of sp³-hybridized carbons (Fsp3) is 0.263. The number of hydrogen-bond donors (Lipinski definition) is 1. The fourth-order valence-corrected chi connectivity index (χ4v) is 2.08. The number of ketones is 1. The quantitative estimate of drug-likeness (QED) is 0.602. The van der Waals surface area contributed by atoms with Crippen LogP contribution in [0.25, 0.3) is 0 Å². The van der Waals surface area contributed by atoms with Crippen molar-refractivity contribution in [1.82, 2.24) is 5.32 Å². The van der Waals surface area contributed by atoms with Crippen molar-refractivity contribution < 1.29 is 14.3 Å². The molecule has 120 valence electrons. The number of benzene rings is 2. The Hall–Kier alpha value is -2.62. The topological polar surface area (TPSA) is 55.4 Å². The number of carbonyl (C=O) groups excluding carboxylic acids is 2. The molecule has 4 nitrogen and oxygen atoms in total. The van der Waals surface area contributed by atoms with E-state index in [1.807, 2.05) is 49.4 Å². The van der Waals surface area contributed by atoms with Crippen molar-refractivity contribution in [3.05, 3.63) is 65.7 Å². The summed E-state index contributed by atoms with van der Waals surface area (Å²) in [5.41, 5.74) is 1.76. The first-order valence-electron chi connectivity index (χ1n) is 7.69. The molecular weight excluding hydrogens is 290 g/mol. The van der Waals surface area contributed by atoms with Crippen LogP contribution in [-0.2, 0) is 4.79 Å². The Morgan fingerprint density at radius 1 is 0.957 bits per heavy atom. The van der Waals surface area contributed by atoms with Gasteiger partial charge in [-0.2, -0.15) is 0 Å². The maximum Gasteiger partial charge on any atom is 0.220 e. The number of aryl methyl sites for hydroxylation is 1. The van der Waals surface area contributed by atoms with Crippen molar-refractivity contribution in [2.45, 2.75) is 19.8 Å². The zero-order valence-corrected chi connectivity index (χ0v) is 13.2. The minimum Gasteiger partial charge on any atom is -0.492 e. The molecule has 0 unspecified atom stereocenters. The van der Waals surface area contributed by atoms with E-state index in [0.717, 1.165) is 11.3 Å². The second kappa shape index (κ2) is 8.73. The van der Waals surface area contributed by atoms with Crippen LogP contribution < -0.4 is 10.1 Å². The van der Waals surface area contributed by atoms with Gasteiger partial charge in [-0.1, -0.05) is 48.0 Å². The van der Waals surface area contributed by atoms with Gasteiger partial charge in [0.15, 0.2) is 5.78 Å². The van der Waals surface area contributed by atoms with Crippen molar-refractivity contribution in [3.8, 4) is 5.75 Å². The molecule has 2 rings (SSSR count). The summed E-state index contributed by atoms with van der Waals surface area (Å²) in [6.07, 6.45) is 0.409. The lowest BCUT2D eigenvalue weighted by Crippen LogP contribution is -2.28. The lowest BCUT2D eigenvalue weighted by atomic mass is 10.1. The monoisotopic (exact) mass is 311 g/mol. The third kappa shape index (κ3) is 5.94. The molecule has 0 atom stereocenters. The van der Waals surface area contributed by atoms with Crippen LogP contribution in [0.5, 0.6) is 5.75 Å². The molecule has 2 aromatic rings. The molecule has 0 aliphatic rings. The number of Topliss-reactive ketones (excluding diaryl/α,β-unsaturated/α-hetero) is 1. The molecule has 0 saturated heterocycles. The molecule has 0 aliphatic carbocycles. The van der Waals surface area contributed by atoms with E-state index in [4.69, 9.17) is 4.74 Å². The third-order valence-electron chi connectivity index (χ3n) is 3.39. The van der Waals surface area contributed by atoms with Gasteiger partial charge in [0.05, 0.1) is 6.54 Å². The molecule has 0 bridgehead atoms. The number of ether oxygens (including phenoxy) is 1. The largest absolute Gasteiger partial charge is 0.492 e. The molecule has 0 saturated carbocycles. The smallest absolute Gasteiger partial charge is 0.220 e. The Labute approximate surface area is 136 Å². The van der Waals surface area contributed by atoms with E-state index >= 15 is 0 Å². The van der Waals surface area contributed by atoms with E-state index in [0.29, 0.717) is 18.7 Å². The molecule has 0 spiro atoms. The van der Waals surface area contributed by atoms with Crippen LogP contribution in [-0.4, -0.2) is 24.8 Å². The number of amides is 1. The SMILES string of the molecule is Cc1ccc(C(=O)CCC(=O)NCCOc2ccccc2)cc1. The lowest BCUT2D eigenvalue weighted by molar-refractivity contribution is -0.121. The van der Waals surface area contributed by atoms with Crippen LogP contribution in [0.3, 0.4) is 0 Å². The van der Waals surface area contributed by atoms with Gasteiger partial charge < -0.3 is 10.1 Å². The van der Waals surface area contributed by atoms with Gasteiger partial charge in [0.1, 0.15) is 12.4 Å². The average molecular weight is 311 g/mol. The van der Waals surface area contributed by atoms with Gasteiger partial charge in [0.25, 0.3) is 0 Å². The van der Waals surface area contributed by atoms with E-state index < -0.39 is 0 Å². The number of hydrogen-bond acceptors (Lipinski definition) is 3. The molecule has 0 radical (unpaired) electrons. The summed E-state index contributed by atoms with van der Waals surface area (Å²) in [4.78, 5) is 23.7. The predicted molar refractivity (Wildman–Crippen MR) is 89.7 cm³/mol. The molecular formula is C19H21NO3. The maximum absolute atomic E-state index is 12.0. The van der Waals surface area contributed by atoms with Gasteiger partial charge in [0.2, 0.25) is 5.91 Å². The summed E-state index contributed by atoms with van der Waals surface area (Å²) in [5, 5.41) is 2.75. The molecule has 1 amide bonds. The molecule has 0 heterocycles. The summed E-state index contributed by atoms with van der Waals surface area (Å²) in [7, 11) is 0. The second-order valence-corrected chi connectivity index (χ2v) is 5.30. The Morgan fingerprint density at radius 3 is 2.35 bits per heavy atom. The summed E-state index contributed by atoms with van der Waals surface area (Å²) in [5.74, 6) is 0.624. The van der Waals surface area contributed by atoms with Gasteiger partial charge in [-0.25, -0.2) is 0 Å². The molecule has 2 aromatic carbocycles. The zero-order chi connectivity index (χ0) is 16.5. The first-order valence-corrected chi connectivity index (χ1v) is 7.69. The Morgan fingerprint density at radius 2 is 1.65 bits per heavy atom. The first-order chi connectivity index (χ1) is 11.1. The van der Waals surface area contributed by atoms with E-state index in [9.17, 15) is 9.59 Å². The zero-order valence-electron chi connectivity index (χ0n) is 13.2. The average Bonchev–Trinajstić information content (AvgIpc) is 2.58.